The Hall–Kier alpha value is -1.55. The highest BCUT2D eigenvalue weighted by molar-refractivity contribution is 5.77. The Labute approximate surface area is 141 Å². The smallest absolute Gasteiger partial charge is 0.216 e. The molecule has 1 atom stereocenters. The van der Waals surface area contributed by atoms with Crippen molar-refractivity contribution in [1.29, 1.82) is 0 Å². The summed E-state index contributed by atoms with van der Waals surface area (Å²) in [4.78, 5) is 5.03. The quantitative estimate of drug-likeness (QED) is 0.286. The third-order valence-corrected chi connectivity index (χ3v) is 3.95. The van der Waals surface area contributed by atoms with E-state index < -0.39 is 0 Å². The molecule has 0 bridgehead atoms. The molecule has 0 amide bonds. The summed E-state index contributed by atoms with van der Waals surface area (Å²) < 4.78 is 0. The zero-order valence-electron chi connectivity index (χ0n) is 15.6. The minimum atomic E-state index is -0.176. The molecule has 1 unspecified atom stereocenters. The molecule has 0 fully saturated rings. The van der Waals surface area contributed by atoms with E-state index in [0.717, 1.165) is 24.0 Å². The molecule has 0 aliphatic rings. The lowest BCUT2D eigenvalue weighted by molar-refractivity contribution is 0.221. The maximum Gasteiger partial charge on any atom is 0.216 e. The lowest BCUT2D eigenvalue weighted by Gasteiger charge is -2.34. The molecule has 0 aromatic rings. The molecule has 0 aliphatic carbocycles. The van der Waals surface area contributed by atoms with Gasteiger partial charge in [-0.1, -0.05) is 52.9 Å². The lowest BCUT2D eigenvalue weighted by atomic mass is 9.71. The molecule has 23 heavy (non-hydrogen) atoms. The zero-order valence-corrected chi connectivity index (χ0v) is 15.6. The number of hydrogen-bond donors (Lipinski definition) is 2. The van der Waals surface area contributed by atoms with Crippen LogP contribution >= 0.6 is 0 Å². The summed E-state index contributed by atoms with van der Waals surface area (Å²) in [5, 5.41) is 13.3. The van der Waals surface area contributed by atoms with E-state index in [1.807, 2.05) is 0 Å². The van der Waals surface area contributed by atoms with E-state index in [2.05, 4.69) is 52.9 Å². The van der Waals surface area contributed by atoms with Gasteiger partial charge in [0.1, 0.15) is 0 Å². The molecule has 0 rings (SSSR count). The van der Waals surface area contributed by atoms with Gasteiger partial charge in [0.25, 0.3) is 0 Å². The standard InChI is InChI=1S/C19H34N2O2/c1-9-17(20)23-21-12-14(2)16(10-18(4,5)6)11-19(7,8)15(3)13-22/h9,12,16,22H,2-3,10-11,13,20H2,1,4-8H3/b17-9-,21-12+. The maximum absolute atomic E-state index is 9.40. The molecule has 0 saturated carbocycles. The highest BCUT2D eigenvalue weighted by Crippen LogP contribution is 2.39. The zero-order chi connectivity index (χ0) is 18.3. The summed E-state index contributed by atoms with van der Waals surface area (Å²) in [5.41, 5.74) is 7.25. The number of aliphatic hydroxyl groups excluding tert-OH is 1. The maximum atomic E-state index is 9.40. The second kappa shape index (κ2) is 8.92. The summed E-state index contributed by atoms with van der Waals surface area (Å²) in [7, 11) is 0. The Morgan fingerprint density at radius 3 is 2.22 bits per heavy atom. The first-order valence-corrected chi connectivity index (χ1v) is 8.03. The SMILES string of the molecule is C=C(/C=N/O/C(N)=C\C)C(CC(C)(C)C)CC(C)(C)C(=C)CO. The van der Waals surface area contributed by atoms with Gasteiger partial charge in [0.2, 0.25) is 5.88 Å². The molecule has 0 aromatic heterocycles. The van der Waals surface area contributed by atoms with Crippen molar-refractivity contribution in [1.82, 2.24) is 0 Å². The Kier molecular flexibility index (Phi) is 8.32. The average molecular weight is 322 g/mol. The molecule has 3 N–H and O–H groups in total. The molecular formula is C19H34N2O2. The van der Waals surface area contributed by atoms with Crippen LogP contribution in [0, 0.1) is 16.7 Å². The predicted octanol–water partition coefficient (Wildman–Crippen LogP) is 4.38. The molecule has 132 valence electrons. The van der Waals surface area contributed by atoms with Crippen molar-refractivity contribution < 1.29 is 9.94 Å². The monoisotopic (exact) mass is 322 g/mol. The van der Waals surface area contributed by atoms with Gasteiger partial charge >= 0.3 is 0 Å². The second-order valence-electron chi connectivity index (χ2n) is 7.90. The van der Waals surface area contributed by atoms with Crippen LogP contribution in [0.15, 0.2) is 41.4 Å². The van der Waals surface area contributed by atoms with Crippen molar-refractivity contribution in [2.24, 2.45) is 27.6 Å². The molecule has 0 aliphatic heterocycles. The Bertz CT molecular complexity index is 468. The minimum absolute atomic E-state index is 0.00323. The highest BCUT2D eigenvalue weighted by Gasteiger charge is 2.29. The third-order valence-electron chi connectivity index (χ3n) is 3.95. The summed E-state index contributed by atoms with van der Waals surface area (Å²) >= 11 is 0. The largest absolute Gasteiger partial charge is 0.392 e. The summed E-state index contributed by atoms with van der Waals surface area (Å²) in [6.45, 7) is 20.7. The van der Waals surface area contributed by atoms with Gasteiger partial charge in [-0.15, -0.1) is 0 Å². The topological polar surface area (TPSA) is 67.8 Å². The van der Waals surface area contributed by atoms with Crippen molar-refractivity contribution in [3.8, 4) is 0 Å². The van der Waals surface area contributed by atoms with Crippen LogP contribution in [0.5, 0.6) is 0 Å². The number of allylic oxidation sites excluding steroid dienone is 2. The van der Waals surface area contributed by atoms with Crippen molar-refractivity contribution in [3.05, 3.63) is 36.3 Å². The number of rotatable bonds is 9. The van der Waals surface area contributed by atoms with Crippen LogP contribution in [0.25, 0.3) is 0 Å². The van der Waals surface area contributed by atoms with Gasteiger partial charge in [0.05, 0.1) is 12.8 Å². The van der Waals surface area contributed by atoms with Gasteiger partial charge < -0.3 is 15.7 Å². The first-order chi connectivity index (χ1) is 10.4. The van der Waals surface area contributed by atoms with Crippen molar-refractivity contribution in [2.45, 2.75) is 54.4 Å². The summed E-state index contributed by atoms with van der Waals surface area (Å²) in [6.07, 6.45) is 5.07. The summed E-state index contributed by atoms with van der Waals surface area (Å²) in [6, 6.07) is 0. The van der Waals surface area contributed by atoms with Gasteiger partial charge in [-0.25, -0.2) is 0 Å². The predicted molar refractivity (Wildman–Crippen MR) is 98.8 cm³/mol. The van der Waals surface area contributed by atoms with Crippen molar-refractivity contribution in [2.75, 3.05) is 6.61 Å². The second-order valence-corrected chi connectivity index (χ2v) is 7.90. The van der Waals surface area contributed by atoms with Crippen LogP contribution in [-0.4, -0.2) is 17.9 Å². The fraction of sp³-hybridized carbons (Fsp3) is 0.632. The van der Waals surface area contributed by atoms with Crippen LogP contribution in [-0.2, 0) is 4.84 Å². The van der Waals surface area contributed by atoms with Crippen molar-refractivity contribution >= 4 is 6.21 Å². The minimum Gasteiger partial charge on any atom is -0.392 e. The van der Waals surface area contributed by atoms with Crippen LogP contribution in [0.4, 0.5) is 0 Å². The van der Waals surface area contributed by atoms with E-state index in [1.165, 1.54) is 0 Å². The molecule has 0 radical (unpaired) electrons. The molecule has 0 spiro atoms. The molecular weight excluding hydrogens is 288 g/mol. The molecule has 0 saturated heterocycles. The first-order valence-electron chi connectivity index (χ1n) is 8.03. The third kappa shape index (κ3) is 8.60. The van der Waals surface area contributed by atoms with Gasteiger partial charge in [-0.3, -0.25) is 0 Å². The first kappa shape index (κ1) is 21.4. The van der Waals surface area contributed by atoms with E-state index in [1.54, 1.807) is 19.2 Å². The number of nitrogens with two attached hydrogens (primary N) is 1. The Morgan fingerprint density at radius 1 is 1.22 bits per heavy atom. The number of nitrogens with zero attached hydrogens (tertiary/aromatic N) is 1. The number of oxime groups is 1. The van der Waals surface area contributed by atoms with Gasteiger partial charge in [-0.2, -0.15) is 0 Å². The van der Waals surface area contributed by atoms with Crippen LogP contribution in [0.2, 0.25) is 0 Å². The van der Waals surface area contributed by atoms with E-state index in [0.29, 0.717) is 0 Å². The average Bonchev–Trinajstić information content (AvgIpc) is 2.43. The normalized spacial score (nSPS) is 14.8. The van der Waals surface area contributed by atoms with E-state index in [-0.39, 0.29) is 29.2 Å². The summed E-state index contributed by atoms with van der Waals surface area (Å²) in [5.74, 6) is 0.475. The lowest BCUT2D eigenvalue weighted by Crippen LogP contribution is -2.25. The van der Waals surface area contributed by atoms with Gasteiger partial charge in [-0.05, 0) is 53.7 Å². The number of aliphatic hydroxyl groups is 1. The fourth-order valence-electron chi connectivity index (χ4n) is 2.36. The molecule has 4 nitrogen and oxygen atoms in total. The Balaban J connectivity index is 5.15. The van der Waals surface area contributed by atoms with Gasteiger partial charge in [0.15, 0.2) is 0 Å². The van der Waals surface area contributed by atoms with E-state index in [4.69, 9.17) is 10.6 Å². The molecule has 0 heterocycles. The highest BCUT2D eigenvalue weighted by atomic mass is 16.6. The van der Waals surface area contributed by atoms with Crippen molar-refractivity contribution in [3.63, 3.8) is 0 Å². The van der Waals surface area contributed by atoms with E-state index in [9.17, 15) is 5.11 Å². The number of hydrogen-bond acceptors (Lipinski definition) is 4. The van der Waals surface area contributed by atoms with Crippen LogP contribution in [0.3, 0.4) is 0 Å². The molecule has 0 aromatic carbocycles. The van der Waals surface area contributed by atoms with Crippen LogP contribution < -0.4 is 5.73 Å². The van der Waals surface area contributed by atoms with Crippen LogP contribution in [0.1, 0.15) is 54.4 Å². The Morgan fingerprint density at radius 2 is 1.78 bits per heavy atom. The van der Waals surface area contributed by atoms with Gasteiger partial charge in [0, 0.05) is 0 Å². The van der Waals surface area contributed by atoms with E-state index >= 15 is 0 Å². The fourth-order valence-corrected chi connectivity index (χ4v) is 2.36. The molecule has 4 heteroatoms.